The van der Waals surface area contributed by atoms with Crippen molar-refractivity contribution < 1.29 is 27.2 Å². The molecule has 0 atom stereocenters. The van der Waals surface area contributed by atoms with Gasteiger partial charge in [-0.1, -0.05) is 50.4 Å². The van der Waals surface area contributed by atoms with E-state index >= 15 is 0 Å². The summed E-state index contributed by atoms with van der Waals surface area (Å²) in [7, 11) is 0. The second kappa shape index (κ2) is 10.1. The van der Waals surface area contributed by atoms with Gasteiger partial charge in [-0.05, 0) is 25.7 Å². The van der Waals surface area contributed by atoms with Crippen LogP contribution in [0.15, 0.2) is 0 Å². The molecule has 0 aromatic rings. The van der Waals surface area contributed by atoms with Crippen molar-refractivity contribution in [3.05, 3.63) is 0 Å². The second-order valence-electron chi connectivity index (χ2n) is 7.75. The minimum Gasteiger partial charge on any atom is -0.345 e. The number of amides is 2. The first kappa shape index (κ1) is 22.5. The minimum absolute atomic E-state index is 0.122. The summed E-state index contributed by atoms with van der Waals surface area (Å²) in [6, 6.07) is 0. The third-order valence-corrected chi connectivity index (χ3v) is 6.03. The number of carbonyl (C=O) groups excluding carboxylic acids is 2. The van der Waals surface area contributed by atoms with Gasteiger partial charge in [-0.25, -0.2) is 17.6 Å². The lowest BCUT2D eigenvalue weighted by Gasteiger charge is -2.34. The highest BCUT2D eigenvalue weighted by Crippen LogP contribution is 2.42. The maximum absolute atomic E-state index is 13.4. The Labute approximate surface area is 163 Å². The first-order valence-corrected chi connectivity index (χ1v) is 9.94. The van der Waals surface area contributed by atoms with E-state index in [4.69, 9.17) is 0 Å². The molecule has 8 heteroatoms. The summed E-state index contributed by atoms with van der Waals surface area (Å²) in [6.45, 7) is -0.244. The van der Waals surface area contributed by atoms with Crippen LogP contribution in [0.1, 0.15) is 64.2 Å². The van der Waals surface area contributed by atoms with Gasteiger partial charge in [0, 0.05) is 0 Å². The molecule has 2 N–H and O–H groups in total. The lowest BCUT2D eigenvalue weighted by atomic mass is 9.73. The molecule has 0 aromatic carbocycles. The van der Waals surface area contributed by atoms with Crippen LogP contribution in [0.25, 0.3) is 0 Å². The van der Waals surface area contributed by atoms with Gasteiger partial charge in [-0.15, -0.1) is 0 Å². The van der Waals surface area contributed by atoms with Crippen LogP contribution < -0.4 is 10.6 Å². The monoisotopic (exact) mass is 404 g/mol. The molecule has 0 saturated heterocycles. The van der Waals surface area contributed by atoms with E-state index in [9.17, 15) is 27.2 Å². The van der Waals surface area contributed by atoms with E-state index in [-0.39, 0.29) is 38.8 Å². The Morgan fingerprint density at radius 3 is 1.29 bits per heavy atom. The predicted molar refractivity (Wildman–Crippen MR) is 96.8 cm³/mol. The van der Waals surface area contributed by atoms with Crippen molar-refractivity contribution in [2.24, 2.45) is 10.8 Å². The van der Waals surface area contributed by atoms with Crippen LogP contribution >= 0.6 is 0 Å². The van der Waals surface area contributed by atoms with Crippen LogP contribution in [0, 0.1) is 22.7 Å². The average Bonchev–Trinajstić information content (AvgIpc) is 2.70. The molecule has 0 spiro atoms. The number of halogens is 4. The largest absolute Gasteiger partial charge is 0.345 e. The first-order valence-electron chi connectivity index (χ1n) is 9.94. The van der Waals surface area contributed by atoms with E-state index in [1.807, 2.05) is 0 Å². The summed E-state index contributed by atoms with van der Waals surface area (Å²) in [5.74, 6) is 3.78. The maximum atomic E-state index is 13.4. The smallest absolute Gasteiger partial charge is 0.252 e. The van der Waals surface area contributed by atoms with Crippen molar-refractivity contribution in [2.75, 3.05) is 13.1 Å². The topological polar surface area (TPSA) is 58.2 Å². The van der Waals surface area contributed by atoms with E-state index < -0.39 is 35.5 Å². The fourth-order valence-electron chi connectivity index (χ4n) is 4.18. The molecular formula is C20H28F4N2O2. The van der Waals surface area contributed by atoms with Crippen LogP contribution in [0.4, 0.5) is 17.6 Å². The van der Waals surface area contributed by atoms with E-state index in [2.05, 4.69) is 22.5 Å². The van der Waals surface area contributed by atoms with Crippen LogP contribution in [0.2, 0.25) is 0 Å². The Morgan fingerprint density at radius 1 is 0.679 bits per heavy atom. The molecule has 4 nitrogen and oxygen atoms in total. The van der Waals surface area contributed by atoms with E-state index in [1.54, 1.807) is 0 Å². The zero-order valence-corrected chi connectivity index (χ0v) is 16.0. The highest BCUT2D eigenvalue weighted by molar-refractivity contribution is 5.84. The number of hydrogen-bond acceptors (Lipinski definition) is 2. The molecule has 0 heterocycles. The molecular weight excluding hydrogens is 376 g/mol. The normalized spacial score (nSPS) is 20.9. The van der Waals surface area contributed by atoms with Crippen molar-refractivity contribution in [2.45, 2.75) is 77.1 Å². The Kier molecular flexibility index (Phi) is 8.14. The number of rotatable bonds is 6. The third-order valence-electron chi connectivity index (χ3n) is 6.03. The SMILES string of the molecule is O=C(NCC#CCNC(=O)C1(C(F)F)CCCCC1)C1(C(F)F)CCCCC1. The van der Waals surface area contributed by atoms with Gasteiger partial charge in [0.2, 0.25) is 11.8 Å². The predicted octanol–water partition coefficient (Wildman–Crippen LogP) is 3.65. The Balaban J connectivity index is 1.80. The highest BCUT2D eigenvalue weighted by Gasteiger charge is 2.48. The average molecular weight is 404 g/mol. The third kappa shape index (κ3) is 4.98. The fraction of sp³-hybridized carbons (Fsp3) is 0.800. The maximum Gasteiger partial charge on any atom is 0.252 e. The molecule has 0 aromatic heterocycles. The van der Waals surface area contributed by atoms with E-state index in [0.717, 1.165) is 12.8 Å². The molecule has 2 fully saturated rings. The van der Waals surface area contributed by atoms with Gasteiger partial charge in [0.25, 0.3) is 12.9 Å². The molecule has 2 rings (SSSR count). The van der Waals surface area contributed by atoms with Gasteiger partial charge in [0.05, 0.1) is 13.1 Å². The van der Waals surface area contributed by atoms with Crippen molar-refractivity contribution in [3.8, 4) is 11.8 Å². The molecule has 2 aliphatic carbocycles. The summed E-state index contributed by atoms with van der Waals surface area (Å²) in [4.78, 5) is 24.4. The minimum atomic E-state index is -2.72. The van der Waals surface area contributed by atoms with Gasteiger partial charge >= 0.3 is 0 Å². The fourth-order valence-corrected chi connectivity index (χ4v) is 4.18. The van der Waals surface area contributed by atoms with E-state index in [0.29, 0.717) is 25.7 Å². The van der Waals surface area contributed by atoms with Gasteiger partial charge in [0.1, 0.15) is 10.8 Å². The highest BCUT2D eigenvalue weighted by atomic mass is 19.3. The van der Waals surface area contributed by atoms with Crippen LogP contribution in [-0.4, -0.2) is 37.8 Å². The molecule has 28 heavy (non-hydrogen) atoms. The van der Waals surface area contributed by atoms with Gasteiger partial charge in [-0.3, -0.25) is 9.59 Å². The second-order valence-corrected chi connectivity index (χ2v) is 7.75. The molecule has 2 amide bonds. The number of hydrogen-bond donors (Lipinski definition) is 2. The zero-order valence-electron chi connectivity index (χ0n) is 16.0. The molecule has 0 unspecified atom stereocenters. The van der Waals surface area contributed by atoms with Crippen molar-refractivity contribution in [1.29, 1.82) is 0 Å². The van der Waals surface area contributed by atoms with Gasteiger partial charge < -0.3 is 10.6 Å². The van der Waals surface area contributed by atoms with Gasteiger partial charge in [-0.2, -0.15) is 0 Å². The summed E-state index contributed by atoms with van der Waals surface area (Å²) < 4.78 is 53.7. The number of carbonyl (C=O) groups is 2. The van der Waals surface area contributed by atoms with Crippen LogP contribution in [-0.2, 0) is 9.59 Å². The molecule has 2 saturated carbocycles. The zero-order chi connectivity index (χ0) is 20.6. The molecule has 0 aliphatic heterocycles. The van der Waals surface area contributed by atoms with Crippen molar-refractivity contribution >= 4 is 11.8 Å². The number of alkyl halides is 4. The standard InChI is InChI=1S/C20H28F4N2O2/c21-15(22)19(9-3-1-4-10-19)17(27)25-13-7-8-14-26-18(28)20(16(23)24)11-5-2-6-12-20/h15-16H,1-6,9-14H2,(H,25,27)(H,26,28). The quantitative estimate of drug-likeness (QED) is 0.524. The lowest BCUT2D eigenvalue weighted by molar-refractivity contribution is -0.145. The first-order chi connectivity index (χ1) is 13.3. The van der Waals surface area contributed by atoms with Crippen LogP contribution in [0.3, 0.4) is 0 Å². The molecule has 0 bridgehead atoms. The van der Waals surface area contributed by atoms with Gasteiger partial charge in [0.15, 0.2) is 0 Å². The van der Waals surface area contributed by atoms with Crippen LogP contribution in [0.5, 0.6) is 0 Å². The van der Waals surface area contributed by atoms with E-state index in [1.165, 1.54) is 0 Å². The summed E-state index contributed by atoms with van der Waals surface area (Å²) >= 11 is 0. The Hall–Kier alpha value is -1.78. The summed E-state index contributed by atoms with van der Waals surface area (Å²) in [5, 5.41) is 4.85. The Bertz CT molecular complexity index is 551. The molecule has 0 radical (unpaired) electrons. The summed E-state index contributed by atoms with van der Waals surface area (Å²) in [5.41, 5.74) is -3.28. The molecule has 158 valence electrons. The summed E-state index contributed by atoms with van der Waals surface area (Å²) in [6.07, 6.45) is -0.701. The lowest BCUT2D eigenvalue weighted by Crippen LogP contribution is -2.47. The van der Waals surface area contributed by atoms with Crippen molar-refractivity contribution in [3.63, 3.8) is 0 Å². The van der Waals surface area contributed by atoms with Crippen molar-refractivity contribution in [1.82, 2.24) is 10.6 Å². The number of nitrogens with one attached hydrogen (secondary N) is 2. The molecule has 2 aliphatic rings. The Morgan fingerprint density at radius 2 is 1.00 bits per heavy atom.